The van der Waals surface area contributed by atoms with Crippen LogP contribution in [0.3, 0.4) is 0 Å². The number of anilines is 1. The summed E-state index contributed by atoms with van der Waals surface area (Å²) in [5, 5.41) is 1.23. The van der Waals surface area contributed by atoms with Gasteiger partial charge in [-0.2, -0.15) is 0 Å². The van der Waals surface area contributed by atoms with Gasteiger partial charge in [0.25, 0.3) is 5.91 Å². The summed E-state index contributed by atoms with van der Waals surface area (Å²) >= 11 is 8.67. The number of carbonyl (C=O) groups is 1. The average Bonchev–Trinajstić information content (AvgIpc) is 3.10. The topological polar surface area (TPSA) is 23.6 Å². The Morgan fingerprint density at radius 1 is 1.21 bits per heavy atom. The van der Waals surface area contributed by atoms with Crippen LogP contribution < -0.4 is 4.90 Å². The summed E-state index contributed by atoms with van der Waals surface area (Å²) in [5.74, 6) is 0.0632. The second-order valence-electron chi connectivity index (χ2n) is 8.12. The fourth-order valence-corrected chi connectivity index (χ4v) is 6.51. The van der Waals surface area contributed by atoms with Gasteiger partial charge in [0.2, 0.25) is 0 Å². The number of hydrogen-bond donors (Lipinski definition) is 0. The lowest BCUT2D eigenvalue weighted by Gasteiger charge is -2.31. The zero-order valence-corrected chi connectivity index (χ0v) is 19.1. The molecule has 0 unspecified atom stereocenters. The van der Waals surface area contributed by atoms with Crippen LogP contribution in [0.5, 0.6) is 0 Å². The Hall–Kier alpha value is -1.50. The molecule has 0 spiro atoms. The van der Waals surface area contributed by atoms with Crippen LogP contribution in [0.1, 0.15) is 33.6 Å². The number of amides is 1. The van der Waals surface area contributed by atoms with Gasteiger partial charge in [0.15, 0.2) is 0 Å². The molecule has 1 aliphatic carbocycles. The maximum Gasteiger partial charge on any atom is 0.266 e. The van der Waals surface area contributed by atoms with Crippen molar-refractivity contribution >= 4 is 51.7 Å². The van der Waals surface area contributed by atoms with E-state index in [1.807, 2.05) is 6.92 Å². The zero-order valence-electron chi connectivity index (χ0n) is 16.6. The molecule has 0 radical (unpaired) electrons. The van der Waals surface area contributed by atoms with E-state index in [0.717, 1.165) is 23.3 Å². The fraction of sp³-hybridized carbons (Fsp3) is 0.364. The van der Waals surface area contributed by atoms with Crippen LogP contribution in [0, 0.1) is 5.41 Å². The van der Waals surface area contributed by atoms with Crippen molar-refractivity contribution in [3.05, 3.63) is 57.5 Å². The van der Waals surface area contributed by atoms with Crippen LogP contribution in [0.25, 0.3) is 0 Å². The SMILES string of the molecule is CCN1C(=O)C(=C2C=C(C=C3Sc4ccccc4N3C)CC(C)(C)C2)SC1=S. The standard InChI is InChI=1S/C22H24N2OS3/c1-5-24-20(25)19(28-21(24)26)15-10-14(12-22(2,3)13-15)11-18-23(4)16-8-6-7-9-17(16)27-18/h6-11H,5,12-13H2,1-4H3. The maximum atomic E-state index is 12.8. The number of hydrogen-bond acceptors (Lipinski definition) is 5. The minimum absolute atomic E-state index is 0.0632. The molecule has 28 heavy (non-hydrogen) atoms. The van der Waals surface area contributed by atoms with Gasteiger partial charge in [0, 0.05) is 18.5 Å². The van der Waals surface area contributed by atoms with Crippen LogP contribution in [0.2, 0.25) is 0 Å². The molecule has 1 fully saturated rings. The molecule has 0 N–H and O–H groups in total. The van der Waals surface area contributed by atoms with Crippen LogP contribution in [0.15, 0.2) is 62.4 Å². The van der Waals surface area contributed by atoms with E-state index in [2.05, 4.69) is 62.2 Å². The second-order valence-corrected chi connectivity index (χ2v) is 10.8. The normalized spacial score (nSPS) is 25.6. The first-order valence-corrected chi connectivity index (χ1v) is 11.5. The molecule has 3 aliphatic rings. The quantitative estimate of drug-likeness (QED) is 0.428. The number of carbonyl (C=O) groups excluding carboxylic acids is 1. The van der Waals surface area contributed by atoms with E-state index in [1.165, 1.54) is 32.9 Å². The van der Waals surface area contributed by atoms with E-state index in [1.54, 1.807) is 16.7 Å². The molecule has 1 saturated heterocycles. The molecule has 0 saturated carbocycles. The Labute approximate surface area is 180 Å². The molecule has 1 aromatic carbocycles. The van der Waals surface area contributed by atoms with Gasteiger partial charge in [-0.15, -0.1) is 0 Å². The van der Waals surface area contributed by atoms with Crippen LogP contribution >= 0.6 is 35.7 Å². The van der Waals surface area contributed by atoms with Crippen LogP contribution in [0.4, 0.5) is 5.69 Å². The summed E-state index contributed by atoms with van der Waals surface area (Å²) < 4.78 is 0.674. The third-order valence-electron chi connectivity index (χ3n) is 5.25. The summed E-state index contributed by atoms with van der Waals surface area (Å²) in [7, 11) is 2.12. The number of allylic oxidation sites excluding steroid dienone is 4. The van der Waals surface area contributed by atoms with Crippen molar-refractivity contribution in [3.63, 3.8) is 0 Å². The third-order valence-corrected chi connectivity index (χ3v) is 7.92. The van der Waals surface area contributed by atoms with Gasteiger partial charge in [0.1, 0.15) is 4.32 Å². The highest BCUT2D eigenvalue weighted by Crippen LogP contribution is 2.48. The van der Waals surface area contributed by atoms with Gasteiger partial charge in [-0.1, -0.05) is 67.8 Å². The molecule has 3 nitrogen and oxygen atoms in total. The Kier molecular flexibility index (Phi) is 5.23. The summed E-state index contributed by atoms with van der Waals surface area (Å²) in [4.78, 5) is 18.9. The van der Waals surface area contributed by atoms with Gasteiger partial charge in [0.05, 0.1) is 15.6 Å². The number of para-hydroxylation sites is 1. The van der Waals surface area contributed by atoms with E-state index < -0.39 is 0 Å². The number of rotatable bonds is 2. The van der Waals surface area contributed by atoms with E-state index in [0.29, 0.717) is 10.9 Å². The lowest BCUT2D eigenvalue weighted by atomic mass is 9.75. The number of thioether (sulfide) groups is 2. The highest BCUT2D eigenvalue weighted by molar-refractivity contribution is 8.26. The van der Waals surface area contributed by atoms with E-state index in [4.69, 9.17) is 12.2 Å². The molecule has 2 heterocycles. The first kappa shape index (κ1) is 19.8. The maximum absolute atomic E-state index is 12.8. The van der Waals surface area contributed by atoms with Gasteiger partial charge in [-0.05, 0) is 54.5 Å². The van der Waals surface area contributed by atoms with Crippen LogP contribution in [-0.2, 0) is 4.79 Å². The smallest absolute Gasteiger partial charge is 0.266 e. The molecule has 6 heteroatoms. The highest BCUT2D eigenvalue weighted by Gasteiger charge is 2.36. The van der Waals surface area contributed by atoms with Crippen molar-refractivity contribution < 1.29 is 4.79 Å². The van der Waals surface area contributed by atoms with E-state index in [9.17, 15) is 4.79 Å². The van der Waals surface area contributed by atoms with E-state index >= 15 is 0 Å². The van der Waals surface area contributed by atoms with Crippen molar-refractivity contribution in [1.82, 2.24) is 4.90 Å². The average molecular weight is 429 g/mol. The lowest BCUT2D eigenvalue weighted by Crippen LogP contribution is -2.28. The predicted octanol–water partition coefficient (Wildman–Crippen LogP) is 5.95. The number of thiocarbonyl (C=S) groups is 1. The Bertz CT molecular complexity index is 958. The number of benzene rings is 1. The Morgan fingerprint density at radius 2 is 1.96 bits per heavy atom. The lowest BCUT2D eigenvalue weighted by molar-refractivity contribution is -0.122. The Balaban J connectivity index is 1.71. The minimum atomic E-state index is 0.0632. The van der Waals surface area contributed by atoms with Crippen molar-refractivity contribution in [3.8, 4) is 0 Å². The first-order chi connectivity index (χ1) is 13.3. The van der Waals surface area contributed by atoms with Crippen LogP contribution in [-0.4, -0.2) is 28.7 Å². The second kappa shape index (κ2) is 7.39. The predicted molar refractivity (Wildman–Crippen MR) is 124 cm³/mol. The Morgan fingerprint density at radius 3 is 2.64 bits per heavy atom. The first-order valence-electron chi connectivity index (χ1n) is 9.49. The zero-order chi connectivity index (χ0) is 20.1. The van der Waals surface area contributed by atoms with Crippen molar-refractivity contribution in [2.45, 2.75) is 38.5 Å². The molecule has 1 amide bonds. The number of nitrogens with zero attached hydrogens (tertiary/aromatic N) is 2. The summed E-state index contributed by atoms with van der Waals surface area (Å²) in [6.07, 6.45) is 6.40. The summed E-state index contributed by atoms with van der Waals surface area (Å²) in [6, 6.07) is 8.48. The van der Waals surface area contributed by atoms with Gasteiger partial charge in [-0.25, -0.2) is 0 Å². The van der Waals surface area contributed by atoms with Crippen molar-refractivity contribution in [2.24, 2.45) is 5.41 Å². The molecular formula is C22H24N2OS3. The number of fused-ring (bicyclic) bond motifs is 1. The molecule has 4 rings (SSSR count). The molecule has 2 aliphatic heterocycles. The molecule has 0 atom stereocenters. The van der Waals surface area contributed by atoms with Gasteiger partial charge in [-0.3, -0.25) is 9.69 Å². The van der Waals surface area contributed by atoms with Gasteiger partial charge >= 0.3 is 0 Å². The molecule has 146 valence electrons. The summed E-state index contributed by atoms with van der Waals surface area (Å²) in [5.41, 5.74) is 3.76. The third kappa shape index (κ3) is 3.58. The minimum Gasteiger partial charge on any atom is -0.338 e. The summed E-state index contributed by atoms with van der Waals surface area (Å²) in [6.45, 7) is 7.16. The van der Waals surface area contributed by atoms with Crippen molar-refractivity contribution in [1.29, 1.82) is 0 Å². The fourth-order valence-electron chi connectivity index (χ4n) is 3.97. The monoisotopic (exact) mass is 428 g/mol. The molecular weight excluding hydrogens is 404 g/mol. The molecule has 0 aromatic heterocycles. The number of likely N-dealkylation sites (N-methyl/N-ethyl adjacent to an activating group) is 1. The molecule has 1 aromatic rings. The highest BCUT2D eigenvalue weighted by atomic mass is 32.2. The van der Waals surface area contributed by atoms with Gasteiger partial charge < -0.3 is 4.90 Å². The molecule has 0 bridgehead atoms. The van der Waals surface area contributed by atoms with Crippen molar-refractivity contribution in [2.75, 3.05) is 18.5 Å². The van der Waals surface area contributed by atoms with E-state index in [-0.39, 0.29) is 11.3 Å². The largest absolute Gasteiger partial charge is 0.338 e.